The van der Waals surface area contributed by atoms with E-state index < -0.39 is 0 Å². The van der Waals surface area contributed by atoms with Gasteiger partial charge in [-0.25, -0.2) is 9.59 Å². The number of carbonyl (C=O) groups excluding carboxylic acids is 2. The first-order valence-electron chi connectivity index (χ1n) is 3.40. The third-order valence-corrected chi connectivity index (χ3v) is 2.39. The number of isocyanates is 2. The van der Waals surface area contributed by atoms with Crippen molar-refractivity contribution in [1.82, 2.24) is 0 Å². The molecule has 0 spiro atoms. The molecule has 1 rings (SSSR count). The summed E-state index contributed by atoms with van der Waals surface area (Å²) in [5.74, 6) is 0. The average Bonchev–Trinajstić information content (AvgIpc) is 2.14. The highest BCUT2D eigenvalue weighted by atomic mass is 32.1. The lowest BCUT2D eigenvalue weighted by molar-refractivity contribution is 0.564. The van der Waals surface area contributed by atoms with Crippen LogP contribution in [0.5, 0.6) is 0 Å². The molecule has 6 heteroatoms. The van der Waals surface area contributed by atoms with Gasteiger partial charge in [0, 0.05) is 9.79 Å². The predicted molar refractivity (Wildman–Crippen MR) is 56.5 cm³/mol. The zero-order chi connectivity index (χ0) is 10.6. The van der Waals surface area contributed by atoms with Gasteiger partial charge in [0.25, 0.3) is 0 Å². The van der Waals surface area contributed by atoms with E-state index in [4.69, 9.17) is 0 Å². The summed E-state index contributed by atoms with van der Waals surface area (Å²) in [6, 6.07) is 2.93. The van der Waals surface area contributed by atoms with Crippen LogP contribution >= 0.6 is 25.3 Å². The summed E-state index contributed by atoms with van der Waals surface area (Å²) in [4.78, 5) is 27.7. The first-order valence-corrected chi connectivity index (χ1v) is 4.30. The van der Waals surface area contributed by atoms with Gasteiger partial charge in [-0.2, -0.15) is 9.98 Å². The molecule has 0 saturated heterocycles. The van der Waals surface area contributed by atoms with Crippen molar-refractivity contribution in [2.24, 2.45) is 9.98 Å². The van der Waals surface area contributed by atoms with Crippen LogP contribution in [-0.2, 0) is 9.59 Å². The zero-order valence-corrected chi connectivity index (χ0v) is 8.55. The summed E-state index contributed by atoms with van der Waals surface area (Å²) in [6.07, 6.45) is 2.75. The zero-order valence-electron chi connectivity index (χ0n) is 6.76. The van der Waals surface area contributed by atoms with Crippen LogP contribution in [-0.4, -0.2) is 12.2 Å². The first-order chi connectivity index (χ1) is 6.69. The SMILES string of the molecule is O=C=Nc1cc(S)c(S)c(N=C=O)c1. The Morgan fingerprint density at radius 1 is 1.07 bits per heavy atom. The maximum Gasteiger partial charge on any atom is 0.240 e. The molecular formula is C8H4N2O2S2. The average molecular weight is 224 g/mol. The van der Waals surface area contributed by atoms with E-state index in [1.807, 2.05) is 0 Å². The first kappa shape index (κ1) is 10.8. The Morgan fingerprint density at radius 3 is 2.29 bits per heavy atom. The van der Waals surface area contributed by atoms with Crippen molar-refractivity contribution in [3.63, 3.8) is 0 Å². The summed E-state index contributed by atoms with van der Waals surface area (Å²) in [5, 5.41) is 0. The summed E-state index contributed by atoms with van der Waals surface area (Å²) in [7, 11) is 0. The Hall–Kier alpha value is -1.32. The van der Waals surface area contributed by atoms with Crippen LogP contribution in [0.2, 0.25) is 0 Å². The highest BCUT2D eigenvalue weighted by Gasteiger charge is 2.04. The molecule has 0 heterocycles. The van der Waals surface area contributed by atoms with Crippen molar-refractivity contribution in [3.8, 4) is 0 Å². The predicted octanol–water partition coefficient (Wildman–Crippen LogP) is 2.20. The van der Waals surface area contributed by atoms with Gasteiger partial charge in [-0.1, -0.05) is 0 Å². The molecule has 0 aliphatic carbocycles. The van der Waals surface area contributed by atoms with Crippen LogP contribution in [0.25, 0.3) is 0 Å². The molecule has 0 aliphatic heterocycles. The minimum absolute atomic E-state index is 0.268. The van der Waals surface area contributed by atoms with Crippen LogP contribution < -0.4 is 0 Å². The Balaban J connectivity index is 3.41. The van der Waals surface area contributed by atoms with Gasteiger partial charge >= 0.3 is 0 Å². The van der Waals surface area contributed by atoms with E-state index in [-0.39, 0.29) is 5.69 Å². The largest absolute Gasteiger partial charge is 0.240 e. The van der Waals surface area contributed by atoms with E-state index >= 15 is 0 Å². The molecule has 0 aromatic heterocycles. The van der Waals surface area contributed by atoms with Crippen molar-refractivity contribution in [2.45, 2.75) is 9.79 Å². The second kappa shape index (κ2) is 4.79. The monoisotopic (exact) mass is 224 g/mol. The molecule has 0 atom stereocenters. The normalized spacial score (nSPS) is 8.71. The third kappa shape index (κ3) is 2.34. The smallest absolute Gasteiger partial charge is 0.211 e. The van der Waals surface area contributed by atoms with Gasteiger partial charge in [-0.3, -0.25) is 0 Å². The lowest BCUT2D eigenvalue weighted by Gasteiger charge is -2.01. The maximum absolute atomic E-state index is 10.0. The highest BCUT2D eigenvalue weighted by Crippen LogP contribution is 2.33. The molecule has 0 aliphatic rings. The molecule has 1 aromatic rings. The van der Waals surface area contributed by atoms with Gasteiger partial charge < -0.3 is 0 Å². The molecule has 14 heavy (non-hydrogen) atoms. The minimum Gasteiger partial charge on any atom is -0.211 e. The van der Waals surface area contributed by atoms with Gasteiger partial charge in [0.1, 0.15) is 0 Å². The lowest BCUT2D eigenvalue weighted by atomic mass is 10.3. The van der Waals surface area contributed by atoms with E-state index in [0.29, 0.717) is 15.5 Å². The van der Waals surface area contributed by atoms with E-state index in [2.05, 4.69) is 35.2 Å². The molecule has 0 fully saturated rings. The molecule has 0 bridgehead atoms. The molecule has 0 amide bonds. The standard InChI is InChI=1S/C8H4N2O2S2/c11-3-9-5-1-6(10-4-12)8(14)7(13)2-5/h1-2,13-14H. The number of benzene rings is 1. The fraction of sp³-hybridized carbons (Fsp3) is 0. The summed E-state index contributed by atoms with van der Waals surface area (Å²) in [6.45, 7) is 0. The molecule has 0 saturated carbocycles. The van der Waals surface area contributed by atoms with E-state index in [0.717, 1.165) is 0 Å². The number of nitrogens with zero attached hydrogens (tertiary/aromatic N) is 2. The summed E-state index contributed by atoms with van der Waals surface area (Å²) >= 11 is 8.14. The van der Waals surface area contributed by atoms with Crippen LogP contribution in [0.3, 0.4) is 0 Å². The van der Waals surface area contributed by atoms with Crippen molar-refractivity contribution in [2.75, 3.05) is 0 Å². The number of hydrogen-bond donors (Lipinski definition) is 2. The quantitative estimate of drug-likeness (QED) is 0.459. The van der Waals surface area contributed by atoms with E-state index in [9.17, 15) is 9.59 Å². The Bertz CT molecular complexity index is 461. The Morgan fingerprint density at radius 2 is 1.71 bits per heavy atom. The van der Waals surface area contributed by atoms with Crippen LogP contribution in [0, 0.1) is 0 Å². The minimum atomic E-state index is 0.268. The number of hydrogen-bond acceptors (Lipinski definition) is 6. The van der Waals surface area contributed by atoms with Gasteiger partial charge in [0.05, 0.1) is 11.4 Å². The van der Waals surface area contributed by atoms with Gasteiger partial charge in [0.15, 0.2) is 0 Å². The second-order valence-corrected chi connectivity index (χ2v) is 3.17. The summed E-state index contributed by atoms with van der Waals surface area (Å²) < 4.78 is 0. The fourth-order valence-corrected chi connectivity index (χ4v) is 1.27. The molecule has 1 aromatic carbocycles. The Kier molecular flexibility index (Phi) is 3.68. The van der Waals surface area contributed by atoms with Crippen molar-refractivity contribution in [3.05, 3.63) is 12.1 Å². The second-order valence-electron chi connectivity index (χ2n) is 2.24. The third-order valence-electron chi connectivity index (χ3n) is 1.40. The van der Waals surface area contributed by atoms with E-state index in [1.165, 1.54) is 24.3 Å². The molecule has 70 valence electrons. The van der Waals surface area contributed by atoms with Crippen molar-refractivity contribution >= 4 is 48.8 Å². The summed E-state index contributed by atoms with van der Waals surface area (Å²) in [5.41, 5.74) is 0.585. The Labute approximate surface area is 90.6 Å². The van der Waals surface area contributed by atoms with Crippen LogP contribution in [0.1, 0.15) is 0 Å². The molecule has 0 unspecified atom stereocenters. The fourth-order valence-electron chi connectivity index (χ4n) is 0.841. The molecule has 0 N–H and O–H groups in total. The number of aliphatic imine (C=N–C) groups is 2. The molecule has 4 nitrogen and oxygen atoms in total. The lowest BCUT2D eigenvalue weighted by Crippen LogP contribution is -1.74. The highest BCUT2D eigenvalue weighted by molar-refractivity contribution is 7.83. The van der Waals surface area contributed by atoms with Gasteiger partial charge in [-0.15, -0.1) is 25.3 Å². The van der Waals surface area contributed by atoms with Crippen molar-refractivity contribution in [1.29, 1.82) is 0 Å². The molecule has 0 radical (unpaired) electrons. The van der Waals surface area contributed by atoms with Gasteiger partial charge in [-0.05, 0) is 12.1 Å². The van der Waals surface area contributed by atoms with E-state index in [1.54, 1.807) is 0 Å². The maximum atomic E-state index is 10.0. The van der Waals surface area contributed by atoms with Gasteiger partial charge in [0.2, 0.25) is 12.2 Å². The van der Waals surface area contributed by atoms with Crippen LogP contribution in [0.15, 0.2) is 31.9 Å². The van der Waals surface area contributed by atoms with Crippen molar-refractivity contribution < 1.29 is 9.59 Å². The molecular weight excluding hydrogens is 220 g/mol. The number of thiol groups is 2. The topological polar surface area (TPSA) is 58.9 Å². The number of rotatable bonds is 2. The van der Waals surface area contributed by atoms with Crippen LogP contribution in [0.4, 0.5) is 11.4 Å².